The quantitative estimate of drug-likeness (QED) is 0.738. The summed E-state index contributed by atoms with van der Waals surface area (Å²) < 4.78 is 0. The van der Waals surface area contributed by atoms with Gasteiger partial charge in [-0.2, -0.15) is 0 Å². The van der Waals surface area contributed by atoms with E-state index < -0.39 is 16.8 Å². The van der Waals surface area contributed by atoms with Crippen LogP contribution < -0.4 is 10.2 Å². The summed E-state index contributed by atoms with van der Waals surface area (Å²) in [5.41, 5.74) is 0.460. The second-order valence-corrected chi connectivity index (χ2v) is 6.17. The summed E-state index contributed by atoms with van der Waals surface area (Å²) in [6, 6.07) is 4.17. The zero-order chi connectivity index (χ0) is 14.6. The van der Waals surface area contributed by atoms with Gasteiger partial charge < -0.3 is 0 Å². The largest absolute Gasteiger partial charge is 0.328 e. The van der Waals surface area contributed by atoms with Crippen LogP contribution in [0.15, 0.2) is 18.2 Å². The fraction of sp³-hybridized carbons (Fsp3) is 0.273. The molecule has 0 spiro atoms. The molecule has 1 atom stereocenters. The molecule has 0 fully saturated rings. The van der Waals surface area contributed by atoms with E-state index in [0.29, 0.717) is 21.1 Å². The first-order valence-electron chi connectivity index (χ1n) is 5.10. The lowest BCUT2D eigenvalue weighted by atomic mass is 10.3. The topological polar surface area (TPSA) is 49.4 Å². The molecule has 0 aliphatic rings. The van der Waals surface area contributed by atoms with Crippen LogP contribution in [0.1, 0.15) is 0 Å². The van der Waals surface area contributed by atoms with E-state index in [1.165, 1.54) is 18.0 Å². The van der Waals surface area contributed by atoms with Gasteiger partial charge in [-0.25, -0.2) is 4.79 Å². The number of anilines is 1. The van der Waals surface area contributed by atoms with Crippen LogP contribution in [0, 0.1) is 0 Å². The number of nitrogens with one attached hydrogen (secondary N) is 1. The van der Waals surface area contributed by atoms with Crippen molar-refractivity contribution in [1.29, 1.82) is 0 Å². The fourth-order valence-corrected chi connectivity index (χ4v) is 2.14. The molecule has 4 nitrogen and oxygen atoms in total. The maximum absolute atomic E-state index is 11.9. The van der Waals surface area contributed by atoms with Crippen molar-refractivity contribution in [2.24, 2.45) is 0 Å². The number of carbonyl (C=O) groups excluding carboxylic acids is 2. The maximum Gasteiger partial charge on any atom is 0.328 e. The van der Waals surface area contributed by atoms with E-state index in [1.807, 2.05) is 0 Å². The van der Waals surface area contributed by atoms with E-state index in [0.717, 1.165) is 0 Å². The zero-order valence-electron chi connectivity index (χ0n) is 9.79. The van der Waals surface area contributed by atoms with Gasteiger partial charge in [-0.15, -0.1) is 0 Å². The molecule has 1 N–H and O–H groups in total. The molecular weight excluding hydrogens is 423 g/mol. The van der Waals surface area contributed by atoms with Crippen LogP contribution >= 0.6 is 55.1 Å². The molecule has 8 heteroatoms. The number of rotatable bonds is 3. The van der Waals surface area contributed by atoms with Gasteiger partial charge in [0.1, 0.15) is 4.83 Å². The maximum atomic E-state index is 11.9. The number of halogens is 4. The van der Waals surface area contributed by atoms with Gasteiger partial charge in [-0.1, -0.05) is 55.1 Å². The SMILES string of the molecule is CN(C(=O)NC(=O)C(Br)CBr)c1ccc(Cl)cc1Cl. The Morgan fingerprint density at radius 1 is 1.42 bits per heavy atom. The molecule has 0 aliphatic carbocycles. The van der Waals surface area contributed by atoms with Crippen LogP contribution in [0.2, 0.25) is 10.0 Å². The minimum absolute atomic E-state index is 0.327. The van der Waals surface area contributed by atoms with Crippen LogP contribution in [-0.2, 0) is 4.79 Å². The molecule has 0 saturated heterocycles. The first kappa shape index (κ1) is 16.8. The number of hydrogen-bond donors (Lipinski definition) is 1. The summed E-state index contributed by atoms with van der Waals surface area (Å²) in [7, 11) is 1.51. The molecule has 1 rings (SSSR count). The third-order valence-electron chi connectivity index (χ3n) is 2.23. The second-order valence-electron chi connectivity index (χ2n) is 3.57. The van der Waals surface area contributed by atoms with Crippen LogP contribution in [-0.4, -0.2) is 29.1 Å². The van der Waals surface area contributed by atoms with Gasteiger partial charge >= 0.3 is 6.03 Å². The second kappa shape index (κ2) is 7.47. The van der Waals surface area contributed by atoms with Crippen LogP contribution in [0.4, 0.5) is 10.5 Å². The van der Waals surface area contributed by atoms with Gasteiger partial charge in [0, 0.05) is 17.4 Å². The molecule has 1 aromatic carbocycles. The van der Waals surface area contributed by atoms with Crippen molar-refractivity contribution >= 4 is 72.7 Å². The van der Waals surface area contributed by atoms with Crippen molar-refractivity contribution in [3.63, 3.8) is 0 Å². The van der Waals surface area contributed by atoms with E-state index in [4.69, 9.17) is 23.2 Å². The highest BCUT2D eigenvalue weighted by Crippen LogP contribution is 2.28. The summed E-state index contributed by atoms with van der Waals surface area (Å²) in [6.07, 6.45) is 0. The predicted molar refractivity (Wildman–Crippen MR) is 84.9 cm³/mol. The van der Waals surface area contributed by atoms with E-state index in [9.17, 15) is 9.59 Å². The molecule has 1 unspecified atom stereocenters. The summed E-state index contributed by atoms with van der Waals surface area (Å²) in [5.74, 6) is -0.432. The summed E-state index contributed by atoms with van der Waals surface area (Å²) in [5, 5.41) is 3.45. The Bertz CT molecular complexity index is 500. The van der Waals surface area contributed by atoms with Crippen LogP contribution in [0.25, 0.3) is 0 Å². The number of hydrogen-bond acceptors (Lipinski definition) is 2. The molecule has 3 amide bonds. The Balaban J connectivity index is 2.80. The lowest BCUT2D eigenvalue weighted by Gasteiger charge is -2.19. The van der Waals surface area contributed by atoms with Crippen molar-refractivity contribution in [3.8, 4) is 0 Å². The van der Waals surface area contributed by atoms with Crippen LogP contribution in [0.3, 0.4) is 0 Å². The summed E-state index contributed by atoms with van der Waals surface area (Å²) >= 11 is 18.0. The Labute approximate surface area is 137 Å². The van der Waals surface area contributed by atoms with Crippen molar-refractivity contribution in [2.45, 2.75) is 4.83 Å². The summed E-state index contributed by atoms with van der Waals surface area (Å²) in [4.78, 5) is 24.2. The van der Waals surface area contributed by atoms with Gasteiger partial charge in [-0.3, -0.25) is 15.0 Å². The minimum Gasteiger partial charge on any atom is -0.296 e. The number of imide groups is 1. The van der Waals surface area contributed by atoms with Crippen molar-refractivity contribution in [2.75, 3.05) is 17.3 Å². The van der Waals surface area contributed by atoms with Crippen molar-refractivity contribution in [1.82, 2.24) is 5.32 Å². The monoisotopic (exact) mass is 430 g/mol. The van der Waals surface area contributed by atoms with Gasteiger partial charge in [-0.05, 0) is 18.2 Å². The molecule has 0 radical (unpaired) electrons. The smallest absolute Gasteiger partial charge is 0.296 e. The predicted octanol–water partition coefficient (Wildman–Crippen LogP) is 3.82. The average molecular weight is 433 g/mol. The Morgan fingerprint density at radius 3 is 2.58 bits per heavy atom. The van der Waals surface area contributed by atoms with Gasteiger partial charge in [0.25, 0.3) is 0 Å². The number of carbonyl (C=O) groups is 2. The molecular formula is C11H10Br2Cl2N2O2. The fourth-order valence-electron chi connectivity index (χ4n) is 1.20. The van der Waals surface area contributed by atoms with Gasteiger partial charge in [0.05, 0.1) is 10.7 Å². The molecule has 0 saturated carbocycles. The highest BCUT2D eigenvalue weighted by Gasteiger charge is 2.20. The molecule has 1 aromatic rings. The molecule has 0 heterocycles. The minimum atomic E-state index is -0.570. The number of alkyl halides is 2. The first-order chi connectivity index (χ1) is 8.86. The lowest BCUT2D eigenvalue weighted by molar-refractivity contribution is -0.118. The number of urea groups is 1. The standard InChI is InChI=1S/C11H10Br2Cl2N2O2/c1-17(9-3-2-6(14)4-8(9)15)11(19)16-10(18)7(13)5-12/h2-4,7H,5H2,1H3,(H,16,18,19). The summed E-state index contributed by atoms with van der Waals surface area (Å²) in [6.45, 7) is 0. The van der Waals surface area contributed by atoms with E-state index in [1.54, 1.807) is 12.1 Å². The number of benzene rings is 1. The van der Waals surface area contributed by atoms with Gasteiger partial charge in [0.15, 0.2) is 0 Å². The third kappa shape index (κ3) is 4.63. The number of amides is 3. The Hall–Kier alpha value is -0.300. The average Bonchev–Trinajstić information content (AvgIpc) is 2.36. The van der Waals surface area contributed by atoms with Crippen LogP contribution in [0.5, 0.6) is 0 Å². The Kier molecular flexibility index (Phi) is 6.59. The lowest BCUT2D eigenvalue weighted by Crippen LogP contribution is -2.44. The molecule has 104 valence electrons. The van der Waals surface area contributed by atoms with Crippen molar-refractivity contribution < 1.29 is 9.59 Å². The zero-order valence-corrected chi connectivity index (χ0v) is 14.5. The highest BCUT2D eigenvalue weighted by molar-refractivity contribution is 9.12. The van der Waals surface area contributed by atoms with E-state index >= 15 is 0 Å². The number of nitrogens with zero attached hydrogens (tertiary/aromatic N) is 1. The molecule has 0 aromatic heterocycles. The first-order valence-corrected chi connectivity index (χ1v) is 7.89. The van der Waals surface area contributed by atoms with E-state index in [2.05, 4.69) is 37.2 Å². The molecule has 0 bridgehead atoms. The Morgan fingerprint density at radius 2 is 2.05 bits per heavy atom. The normalized spacial score (nSPS) is 11.8. The third-order valence-corrected chi connectivity index (χ3v) is 5.02. The van der Waals surface area contributed by atoms with Gasteiger partial charge in [0.2, 0.25) is 5.91 Å². The molecule has 0 aliphatic heterocycles. The van der Waals surface area contributed by atoms with Crippen molar-refractivity contribution in [3.05, 3.63) is 28.2 Å². The highest BCUT2D eigenvalue weighted by atomic mass is 79.9. The van der Waals surface area contributed by atoms with E-state index in [-0.39, 0.29) is 0 Å². The molecule has 19 heavy (non-hydrogen) atoms.